The van der Waals surface area contributed by atoms with Crippen molar-refractivity contribution in [2.24, 2.45) is 0 Å². The summed E-state index contributed by atoms with van der Waals surface area (Å²) >= 11 is 0. The Balaban J connectivity index is 2.00. The van der Waals surface area contributed by atoms with Gasteiger partial charge in [0.05, 0.1) is 0 Å². The maximum atomic E-state index is 10.7. The van der Waals surface area contributed by atoms with Crippen molar-refractivity contribution in [3.05, 3.63) is 0 Å². The van der Waals surface area contributed by atoms with Crippen LogP contribution in [-0.2, 0) is 14.3 Å². The highest BCUT2D eigenvalue weighted by Gasteiger charge is 2.22. The predicted octanol–water partition coefficient (Wildman–Crippen LogP) is 1.45. The van der Waals surface area contributed by atoms with Crippen molar-refractivity contribution in [3.8, 4) is 0 Å². The number of aldehydes is 1. The van der Waals surface area contributed by atoms with Gasteiger partial charge in [-0.25, -0.2) is 0 Å². The molecule has 0 unspecified atom stereocenters. The fourth-order valence-corrected chi connectivity index (χ4v) is 1.39. The number of hydrogen-bond acceptors (Lipinski definition) is 3. The summed E-state index contributed by atoms with van der Waals surface area (Å²) < 4.78 is 5.01. The molecule has 1 aliphatic heterocycles. The third-order valence-electron chi connectivity index (χ3n) is 2.07. The maximum Gasteiger partial charge on any atom is 0.306 e. The SMILES string of the molecule is O=CCCCC[C@@H]1CCC(=O)O1. The van der Waals surface area contributed by atoms with Crippen LogP contribution in [-0.4, -0.2) is 18.4 Å². The number of hydrogen-bond donors (Lipinski definition) is 0. The van der Waals surface area contributed by atoms with E-state index in [1.54, 1.807) is 0 Å². The first-order valence-corrected chi connectivity index (χ1v) is 4.46. The summed E-state index contributed by atoms with van der Waals surface area (Å²) in [5.74, 6) is -0.0737. The Kier molecular flexibility index (Phi) is 3.77. The molecule has 1 rings (SSSR count). The van der Waals surface area contributed by atoms with Crippen molar-refractivity contribution in [2.45, 2.75) is 44.6 Å². The molecule has 0 aliphatic carbocycles. The number of rotatable bonds is 5. The van der Waals surface area contributed by atoms with E-state index in [-0.39, 0.29) is 12.1 Å². The molecule has 1 saturated heterocycles. The first-order chi connectivity index (χ1) is 5.83. The molecule has 0 bridgehead atoms. The zero-order valence-corrected chi connectivity index (χ0v) is 7.12. The van der Waals surface area contributed by atoms with E-state index in [1.807, 2.05) is 0 Å². The molecule has 1 aliphatic rings. The molecular formula is C9H14O3. The summed E-state index contributed by atoms with van der Waals surface area (Å²) in [4.78, 5) is 20.6. The molecule has 0 N–H and O–H groups in total. The Bertz CT molecular complexity index is 165. The van der Waals surface area contributed by atoms with E-state index in [0.29, 0.717) is 12.8 Å². The van der Waals surface area contributed by atoms with E-state index in [0.717, 1.165) is 32.0 Å². The van der Waals surface area contributed by atoms with Gasteiger partial charge in [-0.15, -0.1) is 0 Å². The number of cyclic esters (lactones) is 1. The van der Waals surface area contributed by atoms with Crippen molar-refractivity contribution < 1.29 is 14.3 Å². The highest BCUT2D eigenvalue weighted by Crippen LogP contribution is 2.18. The van der Waals surface area contributed by atoms with E-state index in [9.17, 15) is 9.59 Å². The topological polar surface area (TPSA) is 43.4 Å². The second-order valence-corrected chi connectivity index (χ2v) is 3.10. The quantitative estimate of drug-likeness (QED) is 0.356. The van der Waals surface area contributed by atoms with Gasteiger partial charge < -0.3 is 9.53 Å². The second kappa shape index (κ2) is 4.91. The monoisotopic (exact) mass is 170 g/mol. The van der Waals surface area contributed by atoms with Crippen LogP contribution in [0.4, 0.5) is 0 Å². The van der Waals surface area contributed by atoms with Gasteiger partial charge in [-0.1, -0.05) is 0 Å². The molecule has 68 valence electrons. The number of ether oxygens (including phenoxy) is 1. The highest BCUT2D eigenvalue weighted by atomic mass is 16.5. The predicted molar refractivity (Wildman–Crippen MR) is 43.6 cm³/mol. The van der Waals surface area contributed by atoms with Crippen LogP contribution in [0.3, 0.4) is 0 Å². The molecule has 3 heteroatoms. The van der Waals surface area contributed by atoms with Crippen molar-refractivity contribution in [1.82, 2.24) is 0 Å². The number of carbonyl (C=O) groups is 2. The molecule has 12 heavy (non-hydrogen) atoms. The minimum Gasteiger partial charge on any atom is -0.462 e. The Hall–Kier alpha value is -0.860. The van der Waals surface area contributed by atoms with Crippen LogP contribution in [0.5, 0.6) is 0 Å². The average Bonchev–Trinajstić information content (AvgIpc) is 2.45. The van der Waals surface area contributed by atoms with Crippen molar-refractivity contribution >= 4 is 12.3 Å². The van der Waals surface area contributed by atoms with Crippen LogP contribution in [0.2, 0.25) is 0 Å². The zero-order chi connectivity index (χ0) is 8.81. The van der Waals surface area contributed by atoms with Crippen molar-refractivity contribution in [1.29, 1.82) is 0 Å². The first kappa shape index (κ1) is 9.23. The Morgan fingerprint density at radius 1 is 1.50 bits per heavy atom. The lowest BCUT2D eigenvalue weighted by Crippen LogP contribution is -2.06. The molecular weight excluding hydrogens is 156 g/mol. The lowest BCUT2D eigenvalue weighted by Gasteiger charge is -2.06. The molecule has 0 aromatic heterocycles. The third-order valence-corrected chi connectivity index (χ3v) is 2.07. The van der Waals surface area contributed by atoms with E-state index in [1.165, 1.54) is 0 Å². The van der Waals surface area contributed by atoms with Gasteiger partial charge in [0.25, 0.3) is 0 Å². The zero-order valence-electron chi connectivity index (χ0n) is 7.12. The van der Waals surface area contributed by atoms with Crippen molar-refractivity contribution in [2.75, 3.05) is 0 Å². The van der Waals surface area contributed by atoms with Crippen molar-refractivity contribution in [3.63, 3.8) is 0 Å². The minimum atomic E-state index is -0.0737. The van der Waals surface area contributed by atoms with Gasteiger partial charge in [0.1, 0.15) is 12.4 Å². The molecule has 0 amide bonds. The molecule has 0 radical (unpaired) electrons. The molecule has 0 saturated carbocycles. The summed E-state index contributed by atoms with van der Waals surface area (Å²) in [6, 6.07) is 0. The van der Waals surface area contributed by atoms with E-state index in [4.69, 9.17) is 4.74 Å². The van der Waals surface area contributed by atoms with Gasteiger partial charge in [0.15, 0.2) is 0 Å². The molecule has 3 nitrogen and oxygen atoms in total. The fourth-order valence-electron chi connectivity index (χ4n) is 1.39. The largest absolute Gasteiger partial charge is 0.462 e. The molecule has 0 spiro atoms. The smallest absolute Gasteiger partial charge is 0.306 e. The lowest BCUT2D eigenvalue weighted by atomic mass is 10.1. The number of carbonyl (C=O) groups excluding carboxylic acids is 2. The van der Waals surface area contributed by atoms with Crippen LogP contribution in [0.15, 0.2) is 0 Å². The van der Waals surface area contributed by atoms with Gasteiger partial charge in [-0.3, -0.25) is 4.79 Å². The van der Waals surface area contributed by atoms with Gasteiger partial charge in [-0.2, -0.15) is 0 Å². The normalized spacial score (nSPS) is 22.3. The molecule has 1 atom stereocenters. The average molecular weight is 170 g/mol. The summed E-state index contributed by atoms with van der Waals surface area (Å²) in [6.45, 7) is 0. The van der Waals surface area contributed by atoms with Gasteiger partial charge in [0, 0.05) is 12.8 Å². The van der Waals surface area contributed by atoms with Crippen LogP contribution in [0.25, 0.3) is 0 Å². The van der Waals surface area contributed by atoms with Crippen LogP contribution < -0.4 is 0 Å². The Morgan fingerprint density at radius 3 is 2.92 bits per heavy atom. The van der Waals surface area contributed by atoms with Crippen LogP contribution >= 0.6 is 0 Å². The van der Waals surface area contributed by atoms with E-state index in [2.05, 4.69) is 0 Å². The molecule has 1 fully saturated rings. The van der Waals surface area contributed by atoms with E-state index >= 15 is 0 Å². The standard InChI is InChI=1S/C9H14O3/c10-7-3-1-2-4-8-5-6-9(11)12-8/h7-8H,1-6H2/t8-/m1/s1. The minimum absolute atomic E-state index is 0.0737. The number of unbranched alkanes of at least 4 members (excludes halogenated alkanes) is 2. The van der Waals surface area contributed by atoms with Crippen LogP contribution in [0.1, 0.15) is 38.5 Å². The molecule has 0 aromatic carbocycles. The fraction of sp³-hybridized carbons (Fsp3) is 0.778. The molecule has 0 aromatic rings. The summed E-state index contributed by atoms with van der Waals surface area (Å²) in [7, 11) is 0. The summed E-state index contributed by atoms with van der Waals surface area (Å²) in [5, 5.41) is 0. The molecule has 1 heterocycles. The van der Waals surface area contributed by atoms with Gasteiger partial charge in [0.2, 0.25) is 0 Å². The second-order valence-electron chi connectivity index (χ2n) is 3.10. The Labute approximate surface area is 72.1 Å². The lowest BCUT2D eigenvalue weighted by molar-refractivity contribution is -0.141. The number of esters is 1. The highest BCUT2D eigenvalue weighted by molar-refractivity contribution is 5.71. The summed E-state index contributed by atoms with van der Waals surface area (Å²) in [6.07, 6.45) is 5.93. The van der Waals surface area contributed by atoms with Gasteiger partial charge in [-0.05, 0) is 25.7 Å². The first-order valence-electron chi connectivity index (χ1n) is 4.46. The van der Waals surface area contributed by atoms with Crippen LogP contribution in [0, 0.1) is 0 Å². The summed E-state index contributed by atoms with van der Waals surface area (Å²) in [5.41, 5.74) is 0. The Morgan fingerprint density at radius 2 is 2.33 bits per heavy atom. The third kappa shape index (κ3) is 3.03. The van der Waals surface area contributed by atoms with Gasteiger partial charge >= 0.3 is 5.97 Å². The van der Waals surface area contributed by atoms with E-state index < -0.39 is 0 Å². The maximum absolute atomic E-state index is 10.7.